The number of piperidine rings is 1. The maximum atomic E-state index is 12.0. The molecule has 110 valence electrons. The summed E-state index contributed by atoms with van der Waals surface area (Å²) in [7, 11) is 5.58. The molecule has 1 fully saturated rings. The first-order valence-corrected chi connectivity index (χ1v) is 6.93. The number of likely N-dealkylation sites (tertiary alicyclic amines) is 1. The van der Waals surface area contributed by atoms with E-state index in [0.29, 0.717) is 17.0 Å². The lowest BCUT2D eigenvalue weighted by Crippen LogP contribution is -2.35. The quantitative estimate of drug-likeness (QED) is 0.849. The molecule has 1 aliphatic rings. The fourth-order valence-corrected chi connectivity index (χ4v) is 2.31. The first kappa shape index (κ1) is 14.7. The van der Waals surface area contributed by atoms with Crippen LogP contribution >= 0.6 is 0 Å². The van der Waals surface area contributed by atoms with Gasteiger partial charge in [-0.05, 0) is 38.1 Å². The molecule has 1 saturated heterocycles. The van der Waals surface area contributed by atoms with Crippen LogP contribution in [0.4, 0.5) is 5.69 Å². The largest absolute Gasteiger partial charge is 0.488 e. The maximum Gasteiger partial charge on any atom is 0.253 e. The van der Waals surface area contributed by atoms with Crippen LogP contribution in [0.5, 0.6) is 5.75 Å². The number of anilines is 1. The number of nitrogens with two attached hydrogens (primary N) is 1. The van der Waals surface area contributed by atoms with E-state index in [9.17, 15) is 4.79 Å². The SMILES string of the molecule is CN1CCC(Oc2cc(C(=O)N(C)C)ccc2N)CC1. The Morgan fingerprint density at radius 1 is 1.35 bits per heavy atom. The maximum absolute atomic E-state index is 12.0. The van der Waals surface area contributed by atoms with Crippen LogP contribution in [0.1, 0.15) is 23.2 Å². The molecule has 5 nitrogen and oxygen atoms in total. The van der Waals surface area contributed by atoms with Crippen molar-refractivity contribution in [3.63, 3.8) is 0 Å². The van der Waals surface area contributed by atoms with Gasteiger partial charge in [0.25, 0.3) is 5.91 Å². The Balaban J connectivity index is 2.11. The lowest BCUT2D eigenvalue weighted by atomic mass is 10.1. The number of ether oxygens (including phenoxy) is 1. The fraction of sp³-hybridized carbons (Fsp3) is 0.533. The number of carbonyl (C=O) groups is 1. The second kappa shape index (κ2) is 6.13. The van der Waals surface area contributed by atoms with E-state index in [1.807, 2.05) is 0 Å². The molecule has 0 atom stereocenters. The average molecular weight is 277 g/mol. The van der Waals surface area contributed by atoms with Crippen LogP contribution in [0.25, 0.3) is 0 Å². The zero-order valence-corrected chi connectivity index (χ0v) is 12.4. The molecule has 1 heterocycles. The summed E-state index contributed by atoms with van der Waals surface area (Å²) < 4.78 is 5.98. The van der Waals surface area contributed by atoms with E-state index >= 15 is 0 Å². The van der Waals surface area contributed by atoms with Crippen molar-refractivity contribution in [2.75, 3.05) is 40.0 Å². The van der Waals surface area contributed by atoms with Crippen LogP contribution in [0.15, 0.2) is 18.2 Å². The highest BCUT2D eigenvalue weighted by Gasteiger charge is 2.19. The van der Waals surface area contributed by atoms with Crippen molar-refractivity contribution < 1.29 is 9.53 Å². The van der Waals surface area contributed by atoms with Gasteiger partial charge < -0.3 is 20.3 Å². The molecule has 0 unspecified atom stereocenters. The van der Waals surface area contributed by atoms with Crippen molar-refractivity contribution in [3.8, 4) is 5.75 Å². The molecule has 5 heteroatoms. The summed E-state index contributed by atoms with van der Waals surface area (Å²) in [6.07, 6.45) is 2.15. The van der Waals surface area contributed by atoms with Gasteiger partial charge in [0.2, 0.25) is 0 Å². The molecule has 1 aliphatic heterocycles. The van der Waals surface area contributed by atoms with E-state index in [-0.39, 0.29) is 12.0 Å². The summed E-state index contributed by atoms with van der Waals surface area (Å²) in [5, 5.41) is 0. The molecule has 1 aromatic carbocycles. The number of nitrogen functional groups attached to an aromatic ring is 1. The number of nitrogens with zero attached hydrogens (tertiary/aromatic N) is 2. The molecule has 1 aromatic rings. The molecule has 2 N–H and O–H groups in total. The molecule has 0 spiro atoms. The standard InChI is InChI=1S/C15H23N3O2/c1-17(2)15(19)11-4-5-13(16)14(10-11)20-12-6-8-18(3)9-7-12/h4-5,10,12H,6-9,16H2,1-3H3. The van der Waals surface area contributed by atoms with Gasteiger partial charge in [-0.1, -0.05) is 0 Å². The van der Waals surface area contributed by atoms with Crippen LogP contribution < -0.4 is 10.5 Å². The van der Waals surface area contributed by atoms with Crippen molar-refractivity contribution >= 4 is 11.6 Å². The van der Waals surface area contributed by atoms with E-state index < -0.39 is 0 Å². The highest BCUT2D eigenvalue weighted by molar-refractivity contribution is 5.94. The number of benzene rings is 1. The van der Waals surface area contributed by atoms with Crippen molar-refractivity contribution in [2.24, 2.45) is 0 Å². The summed E-state index contributed by atoms with van der Waals surface area (Å²) in [6.45, 7) is 2.06. The van der Waals surface area contributed by atoms with Crippen LogP contribution in [0.2, 0.25) is 0 Å². The molecule has 1 amide bonds. The monoisotopic (exact) mass is 277 g/mol. The third kappa shape index (κ3) is 3.42. The van der Waals surface area contributed by atoms with Crippen molar-refractivity contribution in [1.29, 1.82) is 0 Å². The summed E-state index contributed by atoms with van der Waals surface area (Å²) >= 11 is 0. The van der Waals surface area contributed by atoms with Gasteiger partial charge in [0.15, 0.2) is 0 Å². The number of amides is 1. The van der Waals surface area contributed by atoms with Gasteiger partial charge >= 0.3 is 0 Å². The molecular weight excluding hydrogens is 254 g/mol. The third-order valence-electron chi connectivity index (χ3n) is 3.63. The second-order valence-electron chi connectivity index (χ2n) is 5.57. The molecule has 0 radical (unpaired) electrons. The summed E-state index contributed by atoms with van der Waals surface area (Å²) in [5.74, 6) is 0.575. The fourth-order valence-electron chi connectivity index (χ4n) is 2.31. The molecule has 0 saturated carbocycles. The first-order valence-electron chi connectivity index (χ1n) is 6.93. The van der Waals surface area contributed by atoms with Crippen molar-refractivity contribution in [2.45, 2.75) is 18.9 Å². The second-order valence-corrected chi connectivity index (χ2v) is 5.57. The predicted octanol–water partition coefficient (Wildman–Crippen LogP) is 1.44. The number of hydrogen-bond acceptors (Lipinski definition) is 4. The third-order valence-corrected chi connectivity index (χ3v) is 3.63. The van der Waals surface area contributed by atoms with Gasteiger partial charge in [-0.2, -0.15) is 0 Å². The van der Waals surface area contributed by atoms with Gasteiger partial charge in [-0.3, -0.25) is 4.79 Å². The molecule has 0 aromatic heterocycles. The van der Waals surface area contributed by atoms with E-state index in [0.717, 1.165) is 25.9 Å². The lowest BCUT2D eigenvalue weighted by molar-refractivity contribution is 0.0825. The minimum Gasteiger partial charge on any atom is -0.488 e. The van der Waals surface area contributed by atoms with Gasteiger partial charge in [0.05, 0.1) is 5.69 Å². The smallest absolute Gasteiger partial charge is 0.253 e. The Morgan fingerprint density at radius 3 is 2.60 bits per heavy atom. The average Bonchev–Trinajstić information content (AvgIpc) is 2.43. The summed E-state index contributed by atoms with van der Waals surface area (Å²) in [5.41, 5.74) is 7.14. The zero-order valence-electron chi connectivity index (χ0n) is 12.4. The predicted molar refractivity (Wildman–Crippen MR) is 80.0 cm³/mol. The Kier molecular flexibility index (Phi) is 4.49. The molecule has 20 heavy (non-hydrogen) atoms. The minimum absolute atomic E-state index is 0.0433. The van der Waals surface area contributed by atoms with E-state index in [4.69, 9.17) is 10.5 Å². The van der Waals surface area contributed by atoms with Crippen LogP contribution in [0.3, 0.4) is 0 Å². The lowest BCUT2D eigenvalue weighted by Gasteiger charge is -2.29. The Hall–Kier alpha value is -1.75. The zero-order chi connectivity index (χ0) is 14.7. The van der Waals surface area contributed by atoms with Gasteiger partial charge in [0, 0.05) is 32.7 Å². The van der Waals surface area contributed by atoms with Crippen LogP contribution in [-0.2, 0) is 0 Å². The summed E-state index contributed by atoms with van der Waals surface area (Å²) in [6, 6.07) is 5.22. The van der Waals surface area contributed by atoms with E-state index in [2.05, 4.69) is 11.9 Å². The highest BCUT2D eigenvalue weighted by Crippen LogP contribution is 2.26. The first-order chi connectivity index (χ1) is 9.47. The summed E-state index contributed by atoms with van der Waals surface area (Å²) in [4.78, 5) is 15.8. The number of carbonyl (C=O) groups excluding carboxylic acids is 1. The van der Waals surface area contributed by atoms with E-state index in [1.54, 1.807) is 37.2 Å². The Bertz CT molecular complexity index is 480. The Labute approximate surface area is 120 Å². The molecule has 0 aliphatic carbocycles. The molecule has 0 bridgehead atoms. The number of hydrogen-bond donors (Lipinski definition) is 1. The van der Waals surface area contributed by atoms with Crippen LogP contribution in [-0.4, -0.2) is 56.0 Å². The van der Waals surface area contributed by atoms with Crippen molar-refractivity contribution in [3.05, 3.63) is 23.8 Å². The topological polar surface area (TPSA) is 58.8 Å². The highest BCUT2D eigenvalue weighted by atomic mass is 16.5. The molecule has 2 rings (SSSR count). The molecular formula is C15H23N3O2. The van der Waals surface area contributed by atoms with Gasteiger partial charge in [-0.25, -0.2) is 0 Å². The minimum atomic E-state index is -0.0433. The van der Waals surface area contributed by atoms with Gasteiger partial charge in [-0.15, -0.1) is 0 Å². The van der Waals surface area contributed by atoms with Gasteiger partial charge in [0.1, 0.15) is 11.9 Å². The van der Waals surface area contributed by atoms with E-state index in [1.165, 1.54) is 0 Å². The van der Waals surface area contributed by atoms with Crippen molar-refractivity contribution in [1.82, 2.24) is 9.80 Å². The van der Waals surface area contributed by atoms with Crippen LogP contribution in [0, 0.1) is 0 Å². The normalized spacial score (nSPS) is 16.9. The Morgan fingerprint density at radius 2 is 2.00 bits per heavy atom. The number of rotatable bonds is 3.